The second-order valence-corrected chi connectivity index (χ2v) is 6.87. The minimum Gasteiger partial charge on any atom is -0.313 e. The number of benzene rings is 1. The molecule has 0 radical (unpaired) electrons. The average Bonchev–Trinajstić information content (AvgIpc) is 3.20. The molecule has 2 aliphatic carbocycles. The summed E-state index contributed by atoms with van der Waals surface area (Å²) in [5, 5.41) is 3.80. The molecule has 0 bridgehead atoms. The van der Waals surface area contributed by atoms with Crippen LogP contribution in [-0.4, -0.2) is 12.6 Å². The van der Waals surface area contributed by atoms with Crippen molar-refractivity contribution in [2.45, 2.75) is 70.3 Å². The van der Waals surface area contributed by atoms with E-state index in [1.54, 1.807) is 5.56 Å². The zero-order valence-electron chi connectivity index (χ0n) is 12.5. The highest BCUT2D eigenvalue weighted by molar-refractivity contribution is 5.35. The number of hydrogen-bond donors (Lipinski definition) is 1. The van der Waals surface area contributed by atoms with Gasteiger partial charge >= 0.3 is 0 Å². The van der Waals surface area contributed by atoms with Crippen molar-refractivity contribution in [2.24, 2.45) is 0 Å². The van der Waals surface area contributed by atoms with Crippen molar-refractivity contribution < 1.29 is 0 Å². The normalized spacial score (nSPS) is 22.4. The van der Waals surface area contributed by atoms with E-state index in [2.05, 4.69) is 37.4 Å². The van der Waals surface area contributed by atoms with Gasteiger partial charge in [-0.2, -0.15) is 0 Å². The van der Waals surface area contributed by atoms with Crippen LogP contribution in [0.25, 0.3) is 0 Å². The first kappa shape index (κ1) is 13.2. The first-order chi connectivity index (χ1) is 9.18. The molecule has 0 atom stereocenters. The van der Waals surface area contributed by atoms with Gasteiger partial charge in [0.15, 0.2) is 0 Å². The second kappa shape index (κ2) is 5.28. The Morgan fingerprint density at radius 3 is 2.21 bits per heavy atom. The van der Waals surface area contributed by atoms with Crippen molar-refractivity contribution in [3.05, 3.63) is 34.9 Å². The molecule has 1 nitrogen and oxygen atoms in total. The molecule has 19 heavy (non-hydrogen) atoms. The maximum atomic E-state index is 3.80. The third-order valence-corrected chi connectivity index (χ3v) is 4.95. The lowest BCUT2D eigenvalue weighted by atomic mass is 9.69. The van der Waals surface area contributed by atoms with E-state index in [0.29, 0.717) is 5.41 Å². The van der Waals surface area contributed by atoms with E-state index in [0.717, 1.165) is 6.04 Å². The van der Waals surface area contributed by atoms with Crippen molar-refractivity contribution in [3.8, 4) is 0 Å². The standard InChI is InChI=1S/C18H27N/c1-14-10-15(2)12-16(11-14)18(8-4-3-5-9-18)13-19-17-6-7-17/h10-12,17,19H,3-9,13H2,1-2H3. The highest BCUT2D eigenvalue weighted by Crippen LogP contribution is 2.40. The molecule has 3 rings (SSSR count). The van der Waals surface area contributed by atoms with Crippen LogP contribution in [0.3, 0.4) is 0 Å². The molecular weight excluding hydrogens is 230 g/mol. The molecule has 1 aromatic rings. The predicted molar refractivity (Wildman–Crippen MR) is 81.7 cm³/mol. The van der Waals surface area contributed by atoms with Crippen LogP contribution in [-0.2, 0) is 5.41 Å². The van der Waals surface area contributed by atoms with Gasteiger partial charge in [-0.05, 0) is 45.1 Å². The van der Waals surface area contributed by atoms with Gasteiger partial charge in [0, 0.05) is 18.0 Å². The van der Waals surface area contributed by atoms with E-state index in [4.69, 9.17) is 0 Å². The summed E-state index contributed by atoms with van der Waals surface area (Å²) in [7, 11) is 0. The maximum absolute atomic E-state index is 3.80. The molecule has 2 saturated carbocycles. The van der Waals surface area contributed by atoms with Crippen molar-refractivity contribution in [1.82, 2.24) is 5.32 Å². The Balaban J connectivity index is 1.87. The molecule has 104 valence electrons. The van der Waals surface area contributed by atoms with E-state index in [1.165, 1.54) is 62.6 Å². The predicted octanol–water partition coefficient (Wildman–Crippen LogP) is 4.26. The first-order valence-electron chi connectivity index (χ1n) is 8.00. The summed E-state index contributed by atoms with van der Waals surface area (Å²) in [6, 6.07) is 8.00. The van der Waals surface area contributed by atoms with Gasteiger partial charge in [0.25, 0.3) is 0 Å². The summed E-state index contributed by atoms with van der Waals surface area (Å²) in [4.78, 5) is 0. The molecule has 2 aliphatic rings. The Labute approximate surface area is 117 Å². The highest BCUT2D eigenvalue weighted by Gasteiger charge is 2.35. The monoisotopic (exact) mass is 257 g/mol. The Kier molecular flexibility index (Phi) is 3.66. The van der Waals surface area contributed by atoms with E-state index < -0.39 is 0 Å². The SMILES string of the molecule is Cc1cc(C)cc(C2(CNC3CC3)CCCCC2)c1. The smallest absolute Gasteiger partial charge is 0.00780 e. The number of hydrogen-bond acceptors (Lipinski definition) is 1. The van der Waals surface area contributed by atoms with Gasteiger partial charge in [-0.3, -0.25) is 0 Å². The zero-order chi connectivity index (χ0) is 13.3. The average molecular weight is 257 g/mol. The molecule has 1 aromatic carbocycles. The molecule has 0 aliphatic heterocycles. The Morgan fingerprint density at radius 2 is 1.63 bits per heavy atom. The number of aryl methyl sites for hydroxylation is 2. The van der Waals surface area contributed by atoms with E-state index in [-0.39, 0.29) is 0 Å². The molecule has 0 amide bonds. The number of rotatable bonds is 4. The van der Waals surface area contributed by atoms with Gasteiger partial charge in [0.2, 0.25) is 0 Å². The zero-order valence-corrected chi connectivity index (χ0v) is 12.5. The summed E-state index contributed by atoms with van der Waals surface area (Å²) in [6.45, 7) is 5.67. The topological polar surface area (TPSA) is 12.0 Å². The van der Waals surface area contributed by atoms with Crippen molar-refractivity contribution in [2.75, 3.05) is 6.54 Å². The fourth-order valence-electron chi connectivity index (χ4n) is 3.70. The van der Waals surface area contributed by atoms with Crippen LogP contribution >= 0.6 is 0 Å². The second-order valence-electron chi connectivity index (χ2n) is 6.87. The van der Waals surface area contributed by atoms with Gasteiger partial charge in [-0.15, -0.1) is 0 Å². The van der Waals surface area contributed by atoms with Crippen LogP contribution in [0.4, 0.5) is 0 Å². The van der Waals surface area contributed by atoms with Gasteiger partial charge in [-0.1, -0.05) is 48.6 Å². The van der Waals surface area contributed by atoms with E-state index in [9.17, 15) is 0 Å². The summed E-state index contributed by atoms with van der Waals surface area (Å²) >= 11 is 0. The fourth-order valence-corrected chi connectivity index (χ4v) is 3.70. The lowest BCUT2D eigenvalue weighted by Crippen LogP contribution is -2.40. The van der Waals surface area contributed by atoms with Gasteiger partial charge in [0.05, 0.1) is 0 Å². The minimum absolute atomic E-state index is 0.414. The molecule has 0 spiro atoms. The van der Waals surface area contributed by atoms with Crippen LogP contribution in [0, 0.1) is 13.8 Å². The Morgan fingerprint density at radius 1 is 1.00 bits per heavy atom. The van der Waals surface area contributed by atoms with Crippen LogP contribution in [0.1, 0.15) is 61.6 Å². The summed E-state index contributed by atoms with van der Waals surface area (Å²) in [5.41, 5.74) is 4.85. The summed E-state index contributed by atoms with van der Waals surface area (Å²) in [5.74, 6) is 0. The quantitative estimate of drug-likeness (QED) is 0.850. The van der Waals surface area contributed by atoms with Crippen LogP contribution in [0.5, 0.6) is 0 Å². The Bertz CT molecular complexity index is 419. The van der Waals surface area contributed by atoms with Gasteiger partial charge in [-0.25, -0.2) is 0 Å². The van der Waals surface area contributed by atoms with Gasteiger partial charge < -0.3 is 5.32 Å². The first-order valence-corrected chi connectivity index (χ1v) is 8.00. The highest BCUT2D eigenvalue weighted by atomic mass is 15.0. The molecule has 1 heteroatoms. The largest absolute Gasteiger partial charge is 0.313 e. The minimum atomic E-state index is 0.414. The maximum Gasteiger partial charge on any atom is 0.00780 e. The van der Waals surface area contributed by atoms with Crippen LogP contribution in [0.2, 0.25) is 0 Å². The van der Waals surface area contributed by atoms with Crippen molar-refractivity contribution in [1.29, 1.82) is 0 Å². The molecule has 0 saturated heterocycles. The molecule has 0 aromatic heterocycles. The Hall–Kier alpha value is -0.820. The van der Waals surface area contributed by atoms with Crippen LogP contribution in [0.15, 0.2) is 18.2 Å². The number of nitrogens with one attached hydrogen (secondary N) is 1. The third kappa shape index (κ3) is 3.02. The van der Waals surface area contributed by atoms with Crippen molar-refractivity contribution >= 4 is 0 Å². The summed E-state index contributed by atoms with van der Waals surface area (Å²) in [6.07, 6.45) is 9.76. The lowest BCUT2D eigenvalue weighted by Gasteiger charge is -2.39. The van der Waals surface area contributed by atoms with Gasteiger partial charge in [0.1, 0.15) is 0 Å². The molecule has 1 N–H and O–H groups in total. The van der Waals surface area contributed by atoms with E-state index in [1.807, 2.05) is 0 Å². The molecule has 0 heterocycles. The van der Waals surface area contributed by atoms with Crippen LogP contribution < -0.4 is 5.32 Å². The molecular formula is C18H27N. The molecule has 0 unspecified atom stereocenters. The van der Waals surface area contributed by atoms with Crippen molar-refractivity contribution in [3.63, 3.8) is 0 Å². The third-order valence-electron chi connectivity index (χ3n) is 4.95. The van der Waals surface area contributed by atoms with E-state index >= 15 is 0 Å². The summed E-state index contributed by atoms with van der Waals surface area (Å²) < 4.78 is 0. The fraction of sp³-hybridized carbons (Fsp3) is 0.667. The molecule has 2 fully saturated rings. The lowest BCUT2D eigenvalue weighted by molar-refractivity contribution is 0.279.